The van der Waals surface area contributed by atoms with E-state index in [1.165, 1.54) is 105 Å². The Labute approximate surface area is 533 Å². The molecule has 0 saturated carbocycles. The van der Waals surface area contributed by atoms with Gasteiger partial charge in [-0.2, -0.15) is 13.2 Å². The molecule has 83 heavy (non-hydrogen) atoms. The van der Waals surface area contributed by atoms with Crippen molar-refractivity contribution in [2.75, 3.05) is 0 Å². The van der Waals surface area contributed by atoms with Crippen LogP contribution in [-0.4, -0.2) is 30.1 Å². The number of rotatable bonds is 16. The molecule has 0 spiro atoms. The maximum Gasteiger partial charge on any atom is 0.391 e. The molecule has 1 unspecified atom stereocenters. The van der Waals surface area contributed by atoms with Crippen LogP contribution in [0.1, 0.15) is 426 Å². The maximum atomic E-state index is 11.9. The molecule has 0 aromatic carbocycles. The summed E-state index contributed by atoms with van der Waals surface area (Å²) in [6.45, 7) is 73.1. The molecule has 0 saturated heterocycles. The number of unbranched alkanes of at least 4 members (excludes halogenated alkanes) is 7. The van der Waals surface area contributed by atoms with Crippen molar-refractivity contribution in [2.24, 2.45) is 35.5 Å². The van der Waals surface area contributed by atoms with E-state index in [-0.39, 0.29) is 37.5 Å². The van der Waals surface area contributed by atoms with Gasteiger partial charge in [0.25, 0.3) is 0 Å². The molecule has 0 fully saturated rings. The minimum absolute atomic E-state index is 0.00694. The van der Waals surface area contributed by atoms with Crippen LogP contribution in [0.3, 0.4) is 0 Å². The van der Waals surface area contributed by atoms with Crippen molar-refractivity contribution < 1.29 is 52.1 Å². The van der Waals surface area contributed by atoms with Crippen LogP contribution < -0.4 is 0 Å². The molecule has 0 heterocycles. The lowest BCUT2D eigenvalue weighted by atomic mass is 10.2. The molecule has 10 heteroatoms. The minimum Gasteiger partial charge on any atom is -0.248 e. The Bertz CT molecular complexity index is 953. The third kappa shape index (κ3) is 557. The van der Waals surface area contributed by atoms with E-state index in [4.69, 9.17) is 8.22 Å². The Morgan fingerprint density at radius 1 is 0.337 bits per heavy atom. The first-order chi connectivity index (χ1) is 39.3. The summed E-state index contributed by atoms with van der Waals surface area (Å²) in [6.07, 6.45) is 12.9. The third-order valence-electron chi connectivity index (χ3n) is 6.73. The van der Waals surface area contributed by atoms with Crippen molar-refractivity contribution in [3.8, 4) is 0 Å². The molecule has 0 aromatic rings. The molecule has 0 aliphatic rings. The Morgan fingerprint density at radius 3 is 0.494 bits per heavy atom. The zero-order chi connectivity index (χ0) is 76.7. The van der Waals surface area contributed by atoms with E-state index in [0.29, 0.717) is 25.7 Å². The minimum atomic E-state index is -4.00. The average Bonchev–Trinajstić information content (AvgIpc) is 3.28. The van der Waals surface area contributed by atoms with Crippen molar-refractivity contribution >= 4 is 0 Å². The van der Waals surface area contributed by atoms with Gasteiger partial charge in [-0.25, -0.2) is 30.7 Å². The van der Waals surface area contributed by atoms with E-state index >= 15 is 0 Å². The van der Waals surface area contributed by atoms with Crippen LogP contribution in [0.4, 0.5) is 43.9 Å². The van der Waals surface area contributed by atoms with Gasteiger partial charge in [0, 0.05) is 39.8 Å². The van der Waals surface area contributed by atoms with E-state index in [1.807, 2.05) is 55.4 Å². The topological polar surface area (TPSA) is 0 Å². The van der Waals surface area contributed by atoms with Gasteiger partial charge < -0.3 is 0 Å². The molecular formula is C73H170F10. The van der Waals surface area contributed by atoms with Crippen LogP contribution in [0.15, 0.2) is 0 Å². The number of halogens is 10. The van der Waals surface area contributed by atoms with Gasteiger partial charge in [0.2, 0.25) is 17.8 Å². The zero-order valence-electron chi connectivity index (χ0n) is 70.5. The predicted molar refractivity (Wildman–Crippen MR) is 374 cm³/mol. The monoisotopic (exact) mass is 1240 g/mol. The molecule has 0 bridgehead atoms. The van der Waals surface area contributed by atoms with Crippen molar-refractivity contribution in [3.05, 3.63) is 0 Å². The van der Waals surface area contributed by atoms with Gasteiger partial charge in [-0.1, -0.05) is 365 Å². The quantitative estimate of drug-likeness (QED) is 0.135. The van der Waals surface area contributed by atoms with Crippen molar-refractivity contribution in [3.63, 3.8) is 0 Å². The van der Waals surface area contributed by atoms with Crippen LogP contribution in [0.2, 0.25) is 0 Å². The molecule has 0 nitrogen and oxygen atoms in total. The van der Waals surface area contributed by atoms with E-state index < -0.39 is 48.8 Å². The second-order valence-electron chi connectivity index (χ2n) is 23.6. The van der Waals surface area contributed by atoms with Gasteiger partial charge in [0.1, 0.15) is 0 Å². The lowest BCUT2D eigenvalue weighted by molar-refractivity contribution is -0.164. The van der Waals surface area contributed by atoms with Gasteiger partial charge in [-0.05, 0) is 56.7 Å². The fraction of sp³-hybridized carbons (Fsp3) is 1.00. The van der Waals surface area contributed by atoms with Gasteiger partial charge in [-0.15, -0.1) is 0 Å². The molecule has 0 aliphatic carbocycles. The number of hydrogen-bond donors (Lipinski definition) is 0. The summed E-state index contributed by atoms with van der Waals surface area (Å²) in [5.74, 6) is -6.52. The first-order valence-corrected chi connectivity index (χ1v) is 33.1. The highest BCUT2D eigenvalue weighted by atomic mass is 19.4. The van der Waals surface area contributed by atoms with Gasteiger partial charge in [-0.3, -0.25) is 0 Å². The second-order valence-corrected chi connectivity index (χ2v) is 23.6. The van der Waals surface area contributed by atoms with Crippen LogP contribution >= 0.6 is 0 Å². The number of hydrogen-bond acceptors (Lipinski definition) is 0. The SMILES string of the molecule is CC(C)C.CC(C)C.CC(C)C.CC(C)C(F)(F)F.CCC.CCC(F)(F)CC.CCCC.CCCC(C)(F)F.CCCC(C)(F)F.CCCC(C)F.CCCCC.CCCCC.CCCCC.[2H]C(C)(C)C.[2H]C(C)(C)C.[2H]C([2H])(C)C.[2H]C([2H])(C)CC. The second kappa shape index (κ2) is 116. The standard InChI is InChI=1S/3C5H10F2.C5H11F.3C5H12.C4H7F3.7C4H10.2C3H8/c2*1-3-4-5(2,6)7;1-3-5(6,7)4-2;1-3-4-5(2)6;3*1-3-5-4-2;1-3(2)4(5,6)7;5*1-4(2)3;2*1-3-4-2;2*1-3-2/h3*3-4H2,1-2H3;5H,3-4H2,1-2H3;3*3-5H2,1-2H3;3H,1-2H3;5*4H,1-3H3;2*3-4H2,1-2H3;2*3H2,1-2H3/i;;;;;;;;2*4D;;;;3D2;;3D2;. The summed E-state index contributed by atoms with van der Waals surface area (Å²) in [6, 6.07) is 0. The molecule has 0 amide bonds. The molecule has 1 atom stereocenters. The summed E-state index contributed by atoms with van der Waals surface area (Å²) in [5.41, 5.74) is 0. The zero-order valence-corrected chi connectivity index (χ0v) is 64.5. The van der Waals surface area contributed by atoms with Gasteiger partial charge in [0.15, 0.2) is 0 Å². The normalized spacial score (nSPS) is 11.7. The Balaban J connectivity index is -0.0000000414. The average molecular weight is 1240 g/mol. The van der Waals surface area contributed by atoms with Crippen LogP contribution in [0.5, 0.6) is 0 Å². The molecule has 0 rings (SSSR count). The summed E-state index contributed by atoms with van der Waals surface area (Å²) in [7, 11) is 0. The molecule has 0 aromatic heterocycles. The van der Waals surface area contributed by atoms with Crippen LogP contribution in [-0.2, 0) is 0 Å². The lowest BCUT2D eigenvalue weighted by Crippen LogP contribution is -2.15. The fourth-order valence-electron chi connectivity index (χ4n) is 2.59. The van der Waals surface area contributed by atoms with E-state index in [0.717, 1.165) is 51.9 Å². The molecular weight excluding hydrogens is 1070 g/mol. The Hall–Kier alpha value is -0.700. The largest absolute Gasteiger partial charge is 0.391 e. The van der Waals surface area contributed by atoms with E-state index in [9.17, 15) is 43.9 Å². The van der Waals surface area contributed by atoms with Crippen molar-refractivity contribution in [1.82, 2.24) is 0 Å². The Kier molecular flexibility index (Phi) is 149. The summed E-state index contributed by atoms with van der Waals surface area (Å²) < 4.78 is 157. The predicted octanol–water partition coefficient (Wildman–Crippen LogP) is 33.0. The fourth-order valence-corrected chi connectivity index (χ4v) is 2.59. The highest BCUT2D eigenvalue weighted by Gasteiger charge is 2.31. The first-order valence-electron chi connectivity index (χ1n) is 36.1. The molecule has 0 N–H and O–H groups in total. The Morgan fingerprint density at radius 2 is 0.494 bits per heavy atom. The first kappa shape index (κ1) is 107. The highest BCUT2D eigenvalue weighted by Crippen LogP contribution is 2.24. The molecule has 0 aliphatic heterocycles. The molecule has 532 valence electrons. The van der Waals surface area contributed by atoms with Gasteiger partial charge in [0.05, 0.1) is 6.17 Å². The smallest absolute Gasteiger partial charge is 0.248 e. The maximum absolute atomic E-state index is 11.9. The van der Waals surface area contributed by atoms with Gasteiger partial charge >= 0.3 is 6.18 Å². The van der Waals surface area contributed by atoms with E-state index in [1.54, 1.807) is 27.7 Å². The summed E-state index contributed by atoms with van der Waals surface area (Å²) >= 11 is 0. The van der Waals surface area contributed by atoms with Crippen LogP contribution in [0, 0.1) is 35.5 Å². The third-order valence-corrected chi connectivity index (χ3v) is 6.73. The van der Waals surface area contributed by atoms with E-state index in [2.05, 4.69) is 132 Å². The lowest BCUT2D eigenvalue weighted by Gasteiger charge is -2.08. The summed E-state index contributed by atoms with van der Waals surface area (Å²) in [5, 5.41) is 0. The highest BCUT2D eigenvalue weighted by molar-refractivity contribution is 4.58. The van der Waals surface area contributed by atoms with Crippen molar-refractivity contribution in [2.45, 2.75) is 448 Å². The molecule has 0 radical (unpaired) electrons. The van der Waals surface area contributed by atoms with Crippen LogP contribution in [0.25, 0.3) is 0 Å². The summed E-state index contributed by atoms with van der Waals surface area (Å²) in [4.78, 5) is 0. The van der Waals surface area contributed by atoms with Crippen molar-refractivity contribution in [1.29, 1.82) is 0 Å². The number of alkyl halides is 10.